The average molecular weight is 629 g/mol. The summed E-state index contributed by atoms with van der Waals surface area (Å²) < 4.78 is 41.0. The van der Waals surface area contributed by atoms with Gasteiger partial charge in [0, 0.05) is 63.5 Å². The normalized spacial score (nSPS) is 15.6. The van der Waals surface area contributed by atoms with Crippen LogP contribution in [0.15, 0.2) is 42.5 Å². The van der Waals surface area contributed by atoms with E-state index in [2.05, 4.69) is 44.5 Å². The van der Waals surface area contributed by atoms with Crippen molar-refractivity contribution in [3.63, 3.8) is 0 Å². The zero-order valence-electron chi connectivity index (χ0n) is 24.7. The number of hydrogen-bond donors (Lipinski definition) is 2. The summed E-state index contributed by atoms with van der Waals surface area (Å²) in [6.07, 6.45) is -2.79. The smallest absolute Gasteiger partial charge is 0.368 e. The molecule has 5 rings (SSSR count). The molecule has 0 bridgehead atoms. The molecule has 44 heavy (non-hydrogen) atoms. The number of piperazine rings is 1. The van der Waals surface area contributed by atoms with E-state index in [0.717, 1.165) is 24.2 Å². The highest BCUT2D eigenvalue weighted by Crippen LogP contribution is 2.36. The molecule has 2 N–H and O–H groups in total. The van der Waals surface area contributed by atoms with Crippen molar-refractivity contribution in [2.24, 2.45) is 0 Å². The van der Waals surface area contributed by atoms with Crippen LogP contribution in [0.1, 0.15) is 55.6 Å². The zero-order valence-corrected chi connectivity index (χ0v) is 25.5. The minimum atomic E-state index is -4.78. The molecule has 0 atom stereocenters. The number of carbonyl (C=O) groups is 3. The topological polar surface area (TPSA) is 97.9 Å². The quantitative estimate of drug-likeness (QED) is 0.320. The molecule has 0 saturated carbocycles. The summed E-state index contributed by atoms with van der Waals surface area (Å²) in [7, 11) is 0. The Bertz CT molecular complexity index is 1530. The molecular formula is C31H35F3N6O3S. The van der Waals surface area contributed by atoms with E-state index in [4.69, 9.17) is 0 Å². The summed E-state index contributed by atoms with van der Waals surface area (Å²) in [6, 6.07) is 13.0. The van der Waals surface area contributed by atoms with Gasteiger partial charge in [0.2, 0.25) is 5.91 Å². The molecule has 2 aliphatic rings. The first-order valence-corrected chi connectivity index (χ1v) is 15.4. The second kappa shape index (κ2) is 13.2. The predicted octanol–water partition coefficient (Wildman–Crippen LogP) is 5.10. The Morgan fingerprint density at radius 3 is 2.32 bits per heavy atom. The molecule has 2 fully saturated rings. The minimum absolute atomic E-state index is 0.122. The lowest BCUT2D eigenvalue weighted by Crippen LogP contribution is -2.47. The van der Waals surface area contributed by atoms with E-state index in [1.54, 1.807) is 17.0 Å². The van der Waals surface area contributed by atoms with Gasteiger partial charge in [-0.05, 0) is 56.5 Å². The van der Waals surface area contributed by atoms with E-state index in [-0.39, 0.29) is 28.1 Å². The number of likely N-dealkylation sites (tertiary alicyclic amines) is 1. The minimum Gasteiger partial charge on any atom is -0.368 e. The molecule has 3 amide bonds. The van der Waals surface area contributed by atoms with Crippen LogP contribution in [0.4, 0.5) is 30.2 Å². The fourth-order valence-electron chi connectivity index (χ4n) is 5.63. The molecule has 3 heterocycles. The van der Waals surface area contributed by atoms with Crippen LogP contribution in [-0.4, -0.2) is 73.4 Å². The summed E-state index contributed by atoms with van der Waals surface area (Å²) in [5.74, 6) is -1.19. The van der Waals surface area contributed by atoms with Crippen molar-refractivity contribution >= 4 is 46.1 Å². The molecule has 3 aromatic rings. The highest BCUT2D eigenvalue weighted by Gasteiger charge is 2.39. The van der Waals surface area contributed by atoms with Crippen molar-refractivity contribution in [3.8, 4) is 0 Å². The van der Waals surface area contributed by atoms with Gasteiger partial charge in [-0.15, -0.1) is 11.3 Å². The standard InChI is InChI=1S/C31H35F3N6O3S/c1-20-7-3-4-8-24(20)38-15-17-39(18-16-38)25-11-10-22(29(42)35-12-6-14-40-13-5-9-26(40)41)19-23(25)37-30(43)27-28(31(32,33)34)36-21(2)44-27/h3-4,7-8,10-11,19H,5-6,9,12-18H2,1-2H3,(H,35,42)(H,37,43). The van der Waals surface area contributed by atoms with E-state index in [1.165, 1.54) is 13.0 Å². The van der Waals surface area contributed by atoms with Crippen molar-refractivity contribution in [1.29, 1.82) is 0 Å². The third kappa shape index (κ3) is 7.15. The number of nitrogens with zero attached hydrogens (tertiary/aromatic N) is 4. The second-order valence-corrected chi connectivity index (χ2v) is 12.2. The number of anilines is 3. The van der Waals surface area contributed by atoms with Crippen LogP contribution in [0.3, 0.4) is 0 Å². The summed E-state index contributed by atoms with van der Waals surface area (Å²) in [6.45, 7) is 7.72. The van der Waals surface area contributed by atoms with Crippen LogP contribution in [0.5, 0.6) is 0 Å². The third-order valence-electron chi connectivity index (χ3n) is 7.85. The first-order chi connectivity index (χ1) is 21.0. The number of halogens is 3. The maximum Gasteiger partial charge on any atom is 0.435 e. The summed E-state index contributed by atoms with van der Waals surface area (Å²) in [5.41, 5.74) is 2.20. The molecule has 1 aromatic heterocycles. The van der Waals surface area contributed by atoms with E-state index in [0.29, 0.717) is 69.1 Å². The van der Waals surface area contributed by atoms with E-state index < -0.39 is 22.7 Å². The van der Waals surface area contributed by atoms with Gasteiger partial charge in [0.15, 0.2) is 5.69 Å². The average Bonchev–Trinajstić information content (AvgIpc) is 3.60. The molecule has 234 valence electrons. The number of benzene rings is 2. The van der Waals surface area contributed by atoms with Crippen molar-refractivity contribution < 1.29 is 27.6 Å². The fraction of sp³-hybridized carbons (Fsp3) is 0.419. The summed E-state index contributed by atoms with van der Waals surface area (Å²) in [5, 5.41) is 5.63. The van der Waals surface area contributed by atoms with Gasteiger partial charge in [0.25, 0.3) is 11.8 Å². The number of aromatic nitrogens is 1. The first kappa shape index (κ1) is 31.3. The van der Waals surface area contributed by atoms with Crippen LogP contribution in [0.2, 0.25) is 0 Å². The maximum atomic E-state index is 13.7. The highest BCUT2D eigenvalue weighted by atomic mass is 32.1. The molecule has 2 saturated heterocycles. The van der Waals surface area contributed by atoms with Gasteiger partial charge >= 0.3 is 6.18 Å². The lowest BCUT2D eigenvalue weighted by atomic mass is 10.1. The molecule has 9 nitrogen and oxygen atoms in total. The van der Waals surface area contributed by atoms with Crippen molar-refractivity contribution in [2.75, 3.05) is 60.9 Å². The van der Waals surface area contributed by atoms with Gasteiger partial charge in [-0.1, -0.05) is 18.2 Å². The number of thiazole rings is 1. The number of rotatable bonds is 9. The van der Waals surface area contributed by atoms with Gasteiger partial charge in [-0.2, -0.15) is 13.2 Å². The Morgan fingerprint density at radius 1 is 0.955 bits per heavy atom. The molecule has 0 unspecified atom stereocenters. The van der Waals surface area contributed by atoms with E-state index in [1.807, 2.05) is 12.1 Å². The molecule has 2 aromatic carbocycles. The summed E-state index contributed by atoms with van der Waals surface area (Å²) in [4.78, 5) is 47.3. The zero-order chi connectivity index (χ0) is 31.4. The van der Waals surface area contributed by atoms with Crippen LogP contribution in [0, 0.1) is 13.8 Å². The molecule has 0 radical (unpaired) electrons. The van der Waals surface area contributed by atoms with Crippen LogP contribution >= 0.6 is 11.3 Å². The maximum absolute atomic E-state index is 13.7. The number of amides is 3. The Kier molecular flexibility index (Phi) is 9.42. The Balaban J connectivity index is 1.34. The Labute approximate surface area is 258 Å². The van der Waals surface area contributed by atoms with E-state index in [9.17, 15) is 27.6 Å². The van der Waals surface area contributed by atoms with Crippen molar-refractivity contribution in [1.82, 2.24) is 15.2 Å². The van der Waals surface area contributed by atoms with Gasteiger partial charge in [0.05, 0.1) is 16.4 Å². The molecule has 0 aliphatic carbocycles. The monoisotopic (exact) mass is 628 g/mol. The molecular weight excluding hydrogens is 593 g/mol. The Morgan fingerprint density at radius 2 is 1.66 bits per heavy atom. The van der Waals surface area contributed by atoms with Crippen LogP contribution in [-0.2, 0) is 11.0 Å². The number of carbonyl (C=O) groups excluding carboxylic acids is 3. The molecule has 2 aliphatic heterocycles. The fourth-order valence-corrected chi connectivity index (χ4v) is 6.46. The number of aryl methyl sites for hydroxylation is 2. The number of para-hydroxylation sites is 1. The van der Waals surface area contributed by atoms with Gasteiger partial charge in [0.1, 0.15) is 4.88 Å². The lowest BCUT2D eigenvalue weighted by Gasteiger charge is -2.38. The Hall–Kier alpha value is -4.13. The second-order valence-electron chi connectivity index (χ2n) is 10.9. The highest BCUT2D eigenvalue weighted by molar-refractivity contribution is 7.13. The van der Waals surface area contributed by atoms with Crippen LogP contribution < -0.4 is 20.4 Å². The summed E-state index contributed by atoms with van der Waals surface area (Å²) >= 11 is 0.673. The largest absolute Gasteiger partial charge is 0.435 e. The number of alkyl halides is 3. The van der Waals surface area contributed by atoms with Crippen molar-refractivity contribution in [3.05, 3.63) is 69.2 Å². The van der Waals surface area contributed by atoms with Crippen LogP contribution in [0.25, 0.3) is 0 Å². The third-order valence-corrected chi connectivity index (χ3v) is 8.82. The van der Waals surface area contributed by atoms with E-state index >= 15 is 0 Å². The van der Waals surface area contributed by atoms with Gasteiger partial charge in [-0.3, -0.25) is 14.4 Å². The lowest BCUT2D eigenvalue weighted by molar-refractivity contribution is -0.141. The number of hydrogen-bond acceptors (Lipinski definition) is 7. The SMILES string of the molecule is Cc1nc(C(F)(F)F)c(C(=O)Nc2cc(C(=O)NCCCN3CCCC3=O)ccc2N2CCN(c3ccccc3C)CC2)s1. The molecule has 13 heteroatoms. The van der Waals surface area contributed by atoms with Gasteiger partial charge in [-0.25, -0.2) is 4.98 Å². The molecule has 0 spiro atoms. The first-order valence-electron chi connectivity index (χ1n) is 14.6. The van der Waals surface area contributed by atoms with Crippen molar-refractivity contribution in [2.45, 2.75) is 39.3 Å². The van der Waals surface area contributed by atoms with Gasteiger partial charge < -0.3 is 25.3 Å². The number of nitrogens with one attached hydrogen (secondary N) is 2. The predicted molar refractivity (Wildman–Crippen MR) is 165 cm³/mol.